The summed E-state index contributed by atoms with van der Waals surface area (Å²) in [6.07, 6.45) is 2.71. The van der Waals surface area contributed by atoms with Crippen LogP contribution >= 0.6 is 0 Å². The van der Waals surface area contributed by atoms with Crippen molar-refractivity contribution in [1.29, 1.82) is 0 Å². The summed E-state index contributed by atoms with van der Waals surface area (Å²) >= 11 is 0. The zero-order valence-corrected chi connectivity index (χ0v) is 13.1. The highest BCUT2D eigenvalue weighted by molar-refractivity contribution is 5.78. The fourth-order valence-corrected chi connectivity index (χ4v) is 2.51. The quantitative estimate of drug-likeness (QED) is 0.817. The van der Waals surface area contributed by atoms with E-state index in [1.807, 2.05) is 6.92 Å². The molecule has 1 atom stereocenters. The van der Waals surface area contributed by atoms with Gasteiger partial charge in [0, 0.05) is 26.1 Å². The number of hydrogen-bond acceptors (Lipinski definition) is 6. The highest BCUT2D eigenvalue weighted by Gasteiger charge is 2.27. The predicted octanol–water partition coefficient (Wildman–Crippen LogP) is 1.09. The van der Waals surface area contributed by atoms with Crippen molar-refractivity contribution in [3.05, 3.63) is 5.89 Å². The number of anilines is 1. The van der Waals surface area contributed by atoms with E-state index in [0.717, 1.165) is 38.9 Å². The minimum absolute atomic E-state index is 0.0645. The normalized spacial score (nSPS) is 17.8. The summed E-state index contributed by atoms with van der Waals surface area (Å²) in [5.74, 6) is 0.837. The summed E-state index contributed by atoms with van der Waals surface area (Å²) in [6.45, 7) is 6.61. The van der Waals surface area contributed by atoms with E-state index >= 15 is 0 Å². The first-order valence-corrected chi connectivity index (χ1v) is 7.69. The number of hydrogen-bond donors (Lipinski definition) is 2. The maximum atomic E-state index is 11.6. The maximum absolute atomic E-state index is 11.6. The van der Waals surface area contributed by atoms with E-state index in [9.17, 15) is 4.79 Å². The molecular weight excluding hydrogens is 270 g/mol. The highest BCUT2D eigenvalue weighted by Crippen LogP contribution is 2.23. The van der Waals surface area contributed by atoms with Crippen molar-refractivity contribution in [2.75, 3.05) is 31.6 Å². The summed E-state index contributed by atoms with van der Waals surface area (Å²) in [5.41, 5.74) is 0. The van der Waals surface area contributed by atoms with E-state index in [2.05, 4.69) is 32.7 Å². The summed E-state index contributed by atoms with van der Waals surface area (Å²) in [5, 5.41) is 14.3. The monoisotopic (exact) mass is 295 g/mol. The first-order chi connectivity index (χ1) is 10.2. The Morgan fingerprint density at radius 3 is 2.76 bits per heavy atom. The van der Waals surface area contributed by atoms with Gasteiger partial charge in [-0.1, -0.05) is 12.0 Å². The highest BCUT2D eigenvalue weighted by atomic mass is 16.4. The van der Waals surface area contributed by atoms with Crippen LogP contribution in [-0.2, 0) is 4.79 Å². The van der Waals surface area contributed by atoms with Crippen LogP contribution in [0.5, 0.6) is 0 Å². The lowest BCUT2D eigenvalue weighted by molar-refractivity contribution is -0.125. The lowest BCUT2D eigenvalue weighted by atomic mass is 9.96. The third-order valence-electron chi connectivity index (χ3n) is 3.88. The number of nitrogens with zero attached hydrogens (tertiary/aromatic N) is 3. The van der Waals surface area contributed by atoms with Crippen molar-refractivity contribution in [3.63, 3.8) is 0 Å². The van der Waals surface area contributed by atoms with Gasteiger partial charge in [-0.15, -0.1) is 5.10 Å². The summed E-state index contributed by atoms with van der Waals surface area (Å²) < 4.78 is 5.74. The largest absolute Gasteiger partial charge is 0.406 e. The molecule has 7 nitrogen and oxygen atoms in total. The number of piperidine rings is 1. The van der Waals surface area contributed by atoms with Gasteiger partial charge in [0.15, 0.2) is 0 Å². The molecule has 1 saturated heterocycles. The Bertz CT molecular complexity index is 454. The van der Waals surface area contributed by atoms with E-state index in [-0.39, 0.29) is 17.9 Å². The average molecular weight is 295 g/mol. The van der Waals surface area contributed by atoms with Crippen LogP contribution in [0.25, 0.3) is 0 Å². The summed E-state index contributed by atoms with van der Waals surface area (Å²) in [6, 6.07) is 0.625. The molecule has 7 heteroatoms. The molecule has 1 unspecified atom stereocenters. The molecule has 1 aromatic rings. The van der Waals surface area contributed by atoms with Gasteiger partial charge in [0.05, 0.1) is 6.04 Å². The van der Waals surface area contributed by atoms with Crippen LogP contribution in [0.3, 0.4) is 0 Å². The zero-order chi connectivity index (χ0) is 15.2. The second-order valence-electron chi connectivity index (χ2n) is 5.47. The van der Waals surface area contributed by atoms with Gasteiger partial charge in [-0.05, 0) is 32.7 Å². The molecule has 2 N–H and O–H groups in total. The molecule has 1 aliphatic rings. The lowest BCUT2D eigenvalue weighted by Gasteiger charge is -2.29. The van der Waals surface area contributed by atoms with Gasteiger partial charge >= 0.3 is 6.01 Å². The van der Waals surface area contributed by atoms with Crippen molar-refractivity contribution in [2.24, 2.45) is 5.92 Å². The molecule has 0 aliphatic carbocycles. The molecule has 0 radical (unpaired) electrons. The smallest absolute Gasteiger partial charge is 0.318 e. The second-order valence-corrected chi connectivity index (χ2v) is 5.47. The van der Waals surface area contributed by atoms with Crippen molar-refractivity contribution < 1.29 is 9.21 Å². The SMILES string of the molecule is CCCNC(C)c1nnc(N2CCC(C(=O)NC)CC2)o1. The number of carbonyl (C=O) groups excluding carboxylic acids is 1. The van der Waals surface area contributed by atoms with E-state index in [4.69, 9.17) is 4.42 Å². The Morgan fingerprint density at radius 2 is 2.14 bits per heavy atom. The third-order valence-corrected chi connectivity index (χ3v) is 3.88. The van der Waals surface area contributed by atoms with Crippen LogP contribution < -0.4 is 15.5 Å². The van der Waals surface area contributed by atoms with Gasteiger partial charge in [-0.2, -0.15) is 0 Å². The van der Waals surface area contributed by atoms with Crippen LogP contribution in [0.4, 0.5) is 6.01 Å². The van der Waals surface area contributed by atoms with Crippen molar-refractivity contribution in [3.8, 4) is 0 Å². The summed E-state index contributed by atoms with van der Waals surface area (Å²) in [7, 11) is 1.68. The van der Waals surface area contributed by atoms with Crippen LogP contribution in [-0.4, -0.2) is 42.8 Å². The van der Waals surface area contributed by atoms with Gasteiger partial charge in [-0.25, -0.2) is 0 Å². The molecule has 0 bridgehead atoms. The molecule has 1 aromatic heterocycles. The second kappa shape index (κ2) is 7.40. The Morgan fingerprint density at radius 1 is 1.43 bits per heavy atom. The number of rotatable bonds is 6. The van der Waals surface area contributed by atoms with Gasteiger partial charge in [0.1, 0.15) is 0 Å². The van der Waals surface area contributed by atoms with Crippen molar-refractivity contribution in [2.45, 2.75) is 39.2 Å². The predicted molar refractivity (Wildman–Crippen MR) is 80.0 cm³/mol. The molecule has 0 aromatic carbocycles. The number of nitrogens with one attached hydrogen (secondary N) is 2. The Balaban J connectivity index is 1.89. The molecule has 21 heavy (non-hydrogen) atoms. The van der Waals surface area contributed by atoms with Gasteiger partial charge in [-0.3, -0.25) is 4.79 Å². The van der Waals surface area contributed by atoms with Gasteiger partial charge < -0.3 is 20.0 Å². The topological polar surface area (TPSA) is 83.3 Å². The fraction of sp³-hybridized carbons (Fsp3) is 0.786. The molecular formula is C14H25N5O2. The van der Waals surface area contributed by atoms with Gasteiger partial charge in [0.25, 0.3) is 0 Å². The standard InChI is InChI=1S/C14H25N5O2/c1-4-7-16-10(2)13-17-18-14(21-13)19-8-5-11(6-9-19)12(20)15-3/h10-11,16H,4-9H2,1-3H3,(H,15,20). The molecule has 1 fully saturated rings. The number of carbonyl (C=O) groups is 1. The molecule has 118 valence electrons. The van der Waals surface area contributed by atoms with E-state index in [0.29, 0.717) is 11.9 Å². The average Bonchev–Trinajstić information content (AvgIpc) is 3.02. The maximum Gasteiger partial charge on any atom is 0.318 e. The molecule has 1 amide bonds. The van der Waals surface area contributed by atoms with E-state index in [1.165, 1.54) is 0 Å². The van der Waals surface area contributed by atoms with Crippen molar-refractivity contribution in [1.82, 2.24) is 20.8 Å². The number of aromatic nitrogens is 2. The summed E-state index contributed by atoms with van der Waals surface area (Å²) in [4.78, 5) is 13.7. The van der Waals surface area contributed by atoms with Crippen LogP contribution in [0.2, 0.25) is 0 Å². The minimum atomic E-state index is 0.0645. The Labute approximate surface area is 125 Å². The Hall–Kier alpha value is -1.63. The third kappa shape index (κ3) is 3.93. The fourth-order valence-electron chi connectivity index (χ4n) is 2.51. The van der Waals surface area contributed by atoms with Crippen LogP contribution in [0.15, 0.2) is 4.42 Å². The number of amides is 1. The minimum Gasteiger partial charge on any atom is -0.406 e. The molecule has 2 heterocycles. The zero-order valence-electron chi connectivity index (χ0n) is 13.1. The lowest BCUT2D eigenvalue weighted by Crippen LogP contribution is -2.39. The molecule has 1 aliphatic heterocycles. The Kier molecular flexibility index (Phi) is 5.55. The van der Waals surface area contributed by atoms with Crippen LogP contribution in [0.1, 0.15) is 45.0 Å². The first-order valence-electron chi connectivity index (χ1n) is 7.69. The molecule has 0 saturated carbocycles. The van der Waals surface area contributed by atoms with Crippen LogP contribution in [0, 0.1) is 5.92 Å². The molecule has 0 spiro atoms. The first kappa shape index (κ1) is 15.8. The van der Waals surface area contributed by atoms with E-state index in [1.54, 1.807) is 7.05 Å². The van der Waals surface area contributed by atoms with Crippen molar-refractivity contribution >= 4 is 11.9 Å². The van der Waals surface area contributed by atoms with Gasteiger partial charge in [0.2, 0.25) is 11.8 Å². The van der Waals surface area contributed by atoms with E-state index < -0.39 is 0 Å². The molecule has 2 rings (SSSR count).